The van der Waals surface area contributed by atoms with Gasteiger partial charge >= 0.3 is 0 Å². The van der Waals surface area contributed by atoms with E-state index in [0.717, 1.165) is 28.3 Å². The number of rotatable bonds is 16. The van der Waals surface area contributed by atoms with E-state index in [2.05, 4.69) is 5.32 Å². The molecule has 0 fully saturated rings. The average Bonchev–Trinajstić information content (AvgIpc) is 3.03. The number of benzene rings is 3. The van der Waals surface area contributed by atoms with Crippen LogP contribution in [0.2, 0.25) is 0 Å². The third-order valence-electron chi connectivity index (χ3n) is 7.25. The maximum Gasteiger partial charge on any atom is 0.264 e. The minimum atomic E-state index is -4.23. The third kappa shape index (κ3) is 8.43. The summed E-state index contributed by atoms with van der Waals surface area (Å²) in [5, 5.41) is 2.93. The Balaban J connectivity index is 2.10. The summed E-state index contributed by atoms with van der Waals surface area (Å²) in [6, 6.07) is 17.4. The van der Waals surface area contributed by atoms with E-state index >= 15 is 0 Å². The van der Waals surface area contributed by atoms with Crippen molar-refractivity contribution < 1.29 is 32.2 Å². The second-order valence-electron chi connectivity index (χ2n) is 10.3. The quantitative estimate of drug-likeness (QED) is 0.224. The highest BCUT2D eigenvalue weighted by Crippen LogP contribution is 2.34. The van der Waals surface area contributed by atoms with Crippen LogP contribution < -0.4 is 23.8 Å². The number of carbonyl (C=O) groups is 2. The topological polar surface area (TPSA) is 114 Å². The van der Waals surface area contributed by atoms with Gasteiger partial charge in [-0.25, -0.2) is 8.42 Å². The predicted molar refractivity (Wildman–Crippen MR) is 171 cm³/mol. The summed E-state index contributed by atoms with van der Waals surface area (Å²) in [6.07, 6.45) is 2.03. The first-order valence-corrected chi connectivity index (χ1v) is 16.0. The third-order valence-corrected chi connectivity index (χ3v) is 9.03. The van der Waals surface area contributed by atoms with Crippen molar-refractivity contribution in [1.82, 2.24) is 10.2 Å². The molecule has 3 rings (SSSR count). The molecule has 0 bridgehead atoms. The zero-order chi connectivity index (χ0) is 32.3. The van der Waals surface area contributed by atoms with Gasteiger partial charge in [0.05, 0.1) is 31.9 Å². The maximum atomic E-state index is 14.3. The number of amides is 2. The van der Waals surface area contributed by atoms with Crippen molar-refractivity contribution in [2.45, 2.75) is 57.5 Å². The largest absolute Gasteiger partial charge is 0.497 e. The van der Waals surface area contributed by atoms with E-state index in [1.807, 2.05) is 26.8 Å². The van der Waals surface area contributed by atoms with Crippen LogP contribution in [0.25, 0.3) is 0 Å². The number of carbonyl (C=O) groups excluding carboxylic acids is 2. The summed E-state index contributed by atoms with van der Waals surface area (Å²) in [7, 11) is 0.252. The number of sulfonamides is 1. The fraction of sp³-hybridized carbons (Fsp3) is 0.394. The summed E-state index contributed by atoms with van der Waals surface area (Å²) in [4.78, 5) is 29.1. The fourth-order valence-corrected chi connectivity index (χ4v) is 6.15. The molecule has 1 atom stereocenters. The monoisotopic (exact) mass is 625 g/mol. The molecule has 44 heavy (non-hydrogen) atoms. The van der Waals surface area contributed by atoms with E-state index in [1.54, 1.807) is 49.6 Å². The van der Waals surface area contributed by atoms with Crippen molar-refractivity contribution in [3.05, 3.63) is 77.9 Å². The van der Waals surface area contributed by atoms with E-state index in [9.17, 15) is 18.0 Å². The number of methoxy groups -OCH3 is 3. The van der Waals surface area contributed by atoms with Crippen molar-refractivity contribution in [2.75, 3.05) is 38.7 Å². The smallest absolute Gasteiger partial charge is 0.264 e. The lowest BCUT2D eigenvalue weighted by Gasteiger charge is -2.33. The Labute approximate surface area is 261 Å². The molecule has 11 heteroatoms. The molecule has 0 saturated heterocycles. The molecule has 0 aliphatic carbocycles. The molecule has 2 amide bonds. The summed E-state index contributed by atoms with van der Waals surface area (Å²) >= 11 is 0. The van der Waals surface area contributed by atoms with Crippen molar-refractivity contribution in [1.29, 1.82) is 0 Å². The van der Waals surface area contributed by atoms with Crippen LogP contribution in [0.1, 0.15) is 44.2 Å². The molecule has 238 valence electrons. The minimum absolute atomic E-state index is 0.0226. The van der Waals surface area contributed by atoms with Crippen LogP contribution in [0.4, 0.5) is 5.69 Å². The molecule has 1 N–H and O–H groups in total. The first-order valence-electron chi connectivity index (χ1n) is 14.6. The lowest BCUT2D eigenvalue weighted by Crippen LogP contribution is -2.52. The Morgan fingerprint density at radius 3 is 2.20 bits per heavy atom. The van der Waals surface area contributed by atoms with Crippen LogP contribution >= 0.6 is 0 Å². The first kappa shape index (κ1) is 34.2. The van der Waals surface area contributed by atoms with Gasteiger partial charge in [0.15, 0.2) is 11.5 Å². The molecule has 10 nitrogen and oxygen atoms in total. The molecule has 0 aliphatic rings. The van der Waals surface area contributed by atoms with Gasteiger partial charge in [-0.3, -0.25) is 13.9 Å². The highest BCUT2D eigenvalue weighted by atomic mass is 32.2. The highest BCUT2D eigenvalue weighted by molar-refractivity contribution is 7.92. The molecule has 3 aromatic carbocycles. The zero-order valence-corrected chi connectivity index (χ0v) is 27.1. The lowest BCUT2D eigenvalue weighted by molar-refractivity contribution is -0.140. The Bertz CT molecular complexity index is 1510. The summed E-state index contributed by atoms with van der Waals surface area (Å²) < 4.78 is 45.5. The molecular formula is C33H43N3O7S. The van der Waals surface area contributed by atoms with E-state index in [0.29, 0.717) is 30.2 Å². The molecule has 0 aromatic heterocycles. The van der Waals surface area contributed by atoms with Gasteiger partial charge in [0.2, 0.25) is 11.8 Å². The Kier molecular flexibility index (Phi) is 12.5. The summed E-state index contributed by atoms with van der Waals surface area (Å²) in [6.45, 7) is 5.70. The van der Waals surface area contributed by atoms with Crippen LogP contribution in [-0.4, -0.2) is 65.6 Å². The normalized spacial score (nSPS) is 11.8. The number of hydrogen-bond acceptors (Lipinski definition) is 7. The van der Waals surface area contributed by atoms with E-state index in [-0.39, 0.29) is 23.0 Å². The summed E-state index contributed by atoms with van der Waals surface area (Å²) in [5.74, 6) is 0.470. The number of hydrogen-bond donors (Lipinski definition) is 1. The lowest BCUT2D eigenvalue weighted by atomic mass is 10.1. The Morgan fingerprint density at radius 2 is 1.59 bits per heavy atom. The average molecular weight is 626 g/mol. The molecule has 0 heterocycles. The molecule has 0 aliphatic heterocycles. The molecular weight excluding hydrogens is 582 g/mol. The van der Waals surface area contributed by atoms with E-state index in [4.69, 9.17) is 14.2 Å². The van der Waals surface area contributed by atoms with Crippen molar-refractivity contribution in [2.24, 2.45) is 0 Å². The van der Waals surface area contributed by atoms with Crippen LogP contribution in [0.3, 0.4) is 0 Å². The van der Waals surface area contributed by atoms with Crippen LogP contribution in [-0.2, 0) is 26.2 Å². The summed E-state index contributed by atoms with van der Waals surface area (Å²) in [5.41, 5.74) is 1.83. The van der Waals surface area contributed by atoms with Crippen molar-refractivity contribution in [3.63, 3.8) is 0 Å². The van der Waals surface area contributed by atoms with E-state index < -0.39 is 28.5 Å². The van der Waals surface area contributed by atoms with Gasteiger partial charge in [0, 0.05) is 19.2 Å². The van der Waals surface area contributed by atoms with Gasteiger partial charge in [0.25, 0.3) is 10.0 Å². The fourth-order valence-electron chi connectivity index (χ4n) is 4.74. The molecule has 0 saturated carbocycles. The van der Waals surface area contributed by atoms with Crippen LogP contribution in [0.5, 0.6) is 17.2 Å². The Hall–Kier alpha value is -4.25. The number of aryl methyl sites for hydroxylation is 1. The standard InChI is InChI=1S/C33H43N3O7S/c1-7-9-19-34-33(38)29(8-2)35(22-25-11-10-12-27(20-25)41-4)32(37)23-36(26-15-18-30(42-5)31(21-26)43-6)44(39,40)28-16-13-24(3)14-17-28/h10-18,20-21,29H,7-9,19,22-23H2,1-6H3,(H,34,38)/t29-/m1/s1. The second-order valence-corrected chi connectivity index (χ2v) is 12.2. The zero-order valence-electron chi connectivity index (χ0n) is 26.3. The molecule has 0 radical (unpaired) electrons. The van der Waals surface area contributed by atoms with Crippen LogP contribution in [0, 0.1) is 6.92 Å². The number of anilines is 1. The maximum absolute atomic E-state index is 14.3. The number of unbranched alkanes of at least 4 members (excludes halogenated alkanes) is 1. The second kappa shape index (κ2) is 16.0. The van der Waals surface area contributed by atoms with Gasteiger partial charge < -0.3 is 24.4 Å². The van der Waals surface area contributed by atoms with Gasteiger partial charge in [0.1, 0.15) is 18.3 Å². The molecule has 0 spiro atoms. The van der Waals surface area contributed by atoms with Crippen LogP contribution in [0.15, 0.2) is 71.6 Å². The predicted octanol–water partition coefficient (Wildman–Crippen LogP) is 4.94. The van der Waals surface area contributed by atoms with Gasteiger partial charge in [-0.05, 0) is 61.7 Å². The number of nitrogens with zero attached hydrogens (tertiary/aromatic N) is 2. The van der Waals surface area contributed by atoms with Crippen molar-refractivity contribution in [3.8, 4) is 17.2 Å². The minimum Gasteiger partial charge on any atom is -0.497 e. The molecule has 3 aromatic rings. The van der Waals surface area contributed by atoms with Gasteiger partial charge in [-0.2, -0.15) is 0 Å². The number of nitrogens with one attached hydrogen (secondary N) is 1. The Morgan fingerprint density at radius 1 is 0.886 bits per heavy atom. The SMILES string of the molecule is CCCCNC(=O)[C@@H](CC)N(Cc1cccc(OC)c1)C(=O)CN(c1ccc(OC)c(OC)c1)S(=O)(=O)c1ccc(C)cc1. The highest BCUT2D eigenvalue weighted by Gasteiger charge is 2.34. The molecule has 0 unspecified atom stereocenters. The van der Waals surface area contributed by atoms with Crippen molar-refractivity contribution >= 4 is 27.5 Å². The van der Waals surface area contributed by atoms with Gasteiger partial charge in [-0.1, -0.05) is 50.1 Å². The first-order chi connectivity index (χ1) is 21.1. The van der Waals surface area contributed by atoms with E-state index in [1.165, 1.54) is 37.3 Å². The number of ether oxygens (including phenoxy) is 3. The van der Waals surface area contributed by atoms with Gasteiger partial charge in [-0.15, -0.1) is 0 Å².